The van der Waals surface area contributed by atoms with Crippen LogP contribution < -0.4 is 0 Å². The molecule has 1 atom stereocenters. The third-order valence-corrected chi connectivity index (χ3v) is 2.44. The summed E-state index contributed by atoms with van der Waals surface area (Å²) in [6.45, 7) is 10.3. The zero-order chi connectivity index (χ0) is 12.0. The van der Waals surface area contributed by atoms with Gasteiger partial charge in [-0.15, -0.1) is 0 Å². The predicted molar refractivity (Wildman–Crippen MR) is 63.5 cm³/mol. The minimum Gasteiger partial charge on any atom is -0.379 e. The fourth-order valence-corrected chi connectivity index (χ4v) is 1.28. The van der Waals surface area contributed by atoms with Gasteiger partial charge in [-0.05, 0) is 12.8 Å². The van der Waals surface area contributed by atoms with E-state index in [-0.39, 0.29) is 17.8 Å². The molecule has 0 saturated carbocycles. The van der Waals surface area contributed by atoms with Crippen molar-refractivity contribution in [3.05, 3.63) is 0 Å². The van der Waals surface area contributed by atoms with E-state index in [2.05, 4.69) is 18.8 Å². The molecule has 15 heavy (non-hydrogen) atoms. The van der Waals surface area contributed by atoms with Crippen LogP contribution in [0.2, 0.25) is 0 Å². The maximum atomic E-state index is 11.5. The minimum absolute atomic E-state index is 0.0220. The van der Waals surface area contributed by atoms with Gasteiger partial charge < -0.3 is 4.74 Å². The van der Waals surface area contributed by atoms with E-state index in [0.717, 1.165) is 0 Å². The molecule has 88 valence electrons. The predicted octanol–water partition coefficient (Wildman–Crippen LogP) is 2.34. The zero-order valence-corrected chi connectivity index (χ0v) is 10.7. The molecule has 0 saturated heterocycles. The van der Waals surface area contributed by atoms with Gasteiger partial charge in [-0.25, -0.2) is 0 Å². The number of Topliss-reactive ketones (excluding diaryl/α,β-unsaturated/α-hetero) is 1. The van der Waals surface area contributed by atoms with Crippen LogP contribution in [0.5, 0.6) is 0 Å². The zero-order valence-electron chi connectivity index (χ0n) is 10.7. The van der Waals surface area contributed by atoms with E-state index in [1.54, 1.807) is 14.0 Å². The fourth-order valence-electron chi connectivity index (χ4n) is 1.28. The highest BCUT2D eigenvalue weighted by Gasteiger charge is 2.14. The molecule has 0 N–H and O–H groups in total. The van der Waals surface area contributed by atoms with Crippen molar-refractivity contribution in [1.29, 1.82) is 0 Å². The van der Waals surface area contributed by atoms with E-state index in [1.165, 1.54) is 0 Å². The van der Waals surface area contributed by atoms with E-state index in [9.17, 15) is 4.79 Å². The van der Waals surface area contributed by atoms with Crippen LogP contribution in [-0.2, 0) is 9.53 Å². The highest BCUT2D eigenvalue weighted by Crippen LogP contribution is 2.06. The summed E-state index contributed by atoms with van der Waals surface area (Å²) in [5.74, 6) is 0.558. The van der Waals surface area contributed by atoms with Crippen molar-refractivity contribution in [2.45, 2.75) is 40.7 Å². The van der Waals surface area contributed by atoms with Crippen molar-refractivity contribution in [3.8, 4) is 0 Å². The number of aliphatic imine (C=N–C) groups is 1. The number of carbonyl (C=O) groups excluding carboxylic acids is 1. The van der Waals surface area contributed by atoms with Crippen LogP contribution in [0, 0.1) is 11.8 Å². The quantitative estimate of drug-likeness (QED) is 0.635. The lowest BCUT2D eigenvalue weighted by molar-refractivity contribution is -0.115. The lowest BCUT2D eigenvalue weighted by Crippen LogP contribution is -2.24. The SMILES string of the molecule is COC(CN=C(C)C(=O)C(C)C)C(C)C. The first-order valence-corrected chi connectivity index (χ1v) is 5.48. The van der Waals surface area contributed by atoms with Crippen molar-refractivity contribution >= 4 is 11.5 Å². The Hall–Kier alpha value is -0.700. The van der Waals surface area contributed by atoms with Gasteiger partial charge in [-0.2, -0.15) is 0 Å². The molecule has 0 aliphatic heterocycles. The van der Waals surface area contributed by atoms with Crippen LogP contribution in [0.25, 0.3) is 0 Å². The summed E-state index contributed by atoms with van der Waals surface area (Å²) < 4.78 is 5.28. The summed E-state index contributed by atoms with van der Waals surface area (Å²) in [5, 5.41) is 0. The second kappa shape index (κ2) is 6.72. The van der Waals surface area contributed by atoms with Gasteiger partial charge in [0.2, 0.25) is 0 Å². The summed E-state index contributed by atoms with van der Waals surface area (Å²) >= 11 is 0. The summed E-state index contributed by atoms with van der Waals surface area (Å²) in [7, 11) is 1.68. The number of methoxy groups -OCH3 is 1. The Kier molecular flexibility index (Phi) is 6.41. The van der Waals surface area contributed by atoms with E-state index >= 15 is 0 Å². The number of rotatable bonds is 6. The number of ether oxygens (including phenoxy) is 1. The number of hydrogen-bond acceptors (Lipinski definition) is 3. The largest absolute Gasteiger partial charge is 0.379 e. The molecule has 0 aliphatic carbocycles. The van der Waals surface area contributed by atoms with Gasteiger partial charge in [0.05, 0.1) is 18.4 Å². The van der Waals surface area contributed by atoms with Crippen LogP contribution in [0.4, 0.5) is 0 Å². The highest BCUT2D eigenvalue weighted by molar-refractivity contribution is 6.39. The third-order valence-electron chi connectivity index (χ3n) is 2.44. The average molecular weight is 213 g/mol. The molecule has 0 amide bonds. The molecule has 0 rings (SSSR count). The Morgan fingerprint density at radius 1 is 1.27 bits per heavy atom. The minimum atomic E-state index is 0.0220. The van der Waals surface area contributed by atoms with E-state index < -0.39 is 0 Å². The van der Waals surface area contributed by atoms with E-state index in [0.29, 0.717) is 18.2 Å². The molecule has 0 heterocycles. The van der Waals surface area contributed by atoms with Crippen molar-refractivity contribution in [2.75, 3.05) is 13.7 Å². The van der Waals surface area contributed by atoms with Crippen LogP contribution in [0.15, 0.2) is 4.99 Å². The van der Waals surface area contributed by atoms with Crippen molar-refractivity contribution in [1.82, 2.24) is 0 Å². The summed E-state index contributed by atoms with van der Waals surface area (Å²) in [5.41, 5.74) is 0.604. The van der Waals surface area contributed by atoms with Gasteiger partial charge in [0.25, 0.3) is 0 Å². The Labute approximate surface area is 92.9 Å². The molecule has 0 aliphatic rings. The molecular weight excluding hydrogens is 190 g/mol. The molecule has 3 nitrogen and oxygen atoms in total. The van der Waals surface area contributed by atoms with Gasteiger partial charge in [0.1, 0.15) is 0 Å². The second-order valence-electron chi connectivity index (χ2n) is 4.46. The first kappa shape index (κ1) is 14.3. The normalized spacial score (nSPS) is 14.8. The molecule has 0 spiro atoms. The molecule has 0 bridgehead atoms. The standard InChI is InChI=1S/C12H23NO2/c1-8(2)11(15-6)7-13-10(5)12(14)9(3)4/h8-9,11H,7H2,1-6H3. The van der Waals surface area contributed by atoms with Gasteiger partial charge in [-0.1, -0.05) is 27.7 Å². The van der Waals surface area contributed by atoms with Gasteiger partial charge >= 0.3 is 0 Å². The van der Waals surface area contributed by atoms with Crippen molar-refractivity contribution in [3.63, 3.8) is 0 Å². The smallest absolute Gasteiger partial charge is 0.178 e. The van der Waals surface area contributed by atoms with Gasteiger partial charge in [-0.3, -0.25) is 9.79 Å². The molecule has 0 radical (unpaired) electrons. The molecular formula is C12H23NO2. The van der Waals surface area contributed by atoms with Crippen LogP contribution in [0.3, 0.4) is 0 Å². The van der Waals surface area contributed by atoms with E-state index in [1.807, 2.05) is 13.8 Å². The third kappa shape index (κ3) is 5.07. The molecule has 1 unspecified atom stereocenters. The van der Waals surface area contributed by atoms with Crippen LogP contribution in [0.1, 0.15) is 34.6 Å². The number of hydrogen-bond donors (Lipinski definition) is 0. The highest BCUT2D eigenvalue weighted by atomic mass is 16.5. The summed E-state index contributed by atoms with van der Waals surface area (Å²) in [6.07, 6.45) is 0.0971. The average Bonchev–Trinajstić information content (AvgIpc) is 2.16. The molecule has 0 aromatic heterocycles. The number of nitrogens with zero attached hydrogens (tertiary/aromatic N) is 1. The van der Waals surface area contributed by atoms with E-state index in [4.69, 9.17) is 4.74 Å². The lowest BCUT2D eigenvalue weighted by Gasteiger charge is -2.17. The maximum Gasteiger partial charge on any atom is 0.178 e. The monoisotopic (exact) mass is 213 g/mol. The first-order chi connectivity index (χ1) is 6.90. The van der Waals surface area contributed by atoms with Gasteiger partial charge in [0.15, 0.2) is 5.78 Å². The number of carbonyl (C=O) groups is 1. The second-order valence-corrected chi connectivity index (χ2v) is 4.46. The topological polar surface area (TPSA) is 38.7 Å². The van der Waals surface area contributed by atoms with Crippen LogP contribution >= 0.6 is 0 Å². The van der Waals surface area contributed by atoms with Crippen molar-refractivity contribution in [2.24, 2.45) is 16.8 Å². The van der Waals surface area contributed by atoms with Crippen LogP contribution in [-0.4, -0.2) is 31.3 Å². The Morgan fingerprint density at radius 3 is 2.13 bits per heavy atom. The summed E-state index contributed by atoms with van der Waals surface area (Å²) in [6, 6.07) is 0. The molecule has 3 heteroatoms. The Balaban J connectivity index is 4.32. The van der Waals surface area contributed by atoms with Gasteiger partial charge in [0, 0.05) is 13.0 Å². The molecule has 0 fully saturated rings. The molecule has 0 aromatic carbocycles. The van der Waals surface area contributed by atoms with Crippen molar-refractivity contribution < 1.29 is 9.53 Å². The fraction of sp³-hybridized carbons (Fsp3) is 0.833. The summed E-state index contributed by atoms with van der Waals surface area (Å²) in [4.78, 5) is 15.8. The first-order valence-electron chi connectivity index (χ1n) is 5.48. The molecule has 0 aromatic rings. The maximum absolute atomic E-state index is 11.5. The Morgan fingerprint density at radius 2 is 1.80 bits per heavy atom. The number of ketones is 1. The Bertz CT molecular complexity index is 232. The lowest BCUT2D eigenvalue weighted by atomic mass is 10.1.